The summed E-state index contributed by atoms with van der Waals surface area (Å²) in [6.07, 6.45) is 2.59. The first-order chi connectivity index (χ1) is 20.2. The molecule has 0 aromatic heterocycles. The number of nitrogens with two attached hydrogens (primary N) is 1. The Kier molecular flexibility index (Phi) is 12.0. The quantitative estimate of drug-likeness (QED) is 0.225. The number of carbonyl (C=O) groups is 3. The summed E-state index contributed by atoms with van der Waals surface area (Å²) in [4.78, 5) is 40.8. The van der Waals surface area contributed by atoms with Crippen LogP contribution in [0.5, 0.6) is 11.5 Å². The van der Waals surface area contributed by atoms with E-state index in [1.54, 1.807) is 40.9 Å². The van der Waals surface area contributed by atoms with Crippen molar-refractivity contribution in [2.75, 3.05) is 6.54 Å². The van der Waals surface area contributed by atoms with Gasteiger partial charge in [-0.2, -0.15) is 0 Å². The van der Waals surface area contributed by atoms with Crippen molar-refractivity contribution in [1.29, 1.82) is 5.41 Å². The molecule has 2 heterocycles. The molecule has 0 aliphatic carbocycles. The third-order valence-electron chi connectivity index (χ3n) is 7.21. The molecule has 1 fully saturated rings. The lowest BCUT2D eigenvalue weighted by Crippen LogP contribution is -2.53. The summed E-state index contributed by atoms with van der Waals surface area (Å²) in [6.45, 7) is 7.67. The molecule has 0 spiro atoms. The van der Waals surface area contributed by atoms with Gasteiger partial charge >= 0.3 is 0 Å². The molecule has 2 aromatic carbocycles. The zero-order valence-corrected chi connectivity index (χ0v) is 25.3. The molecular formula is C31H40FN5O4S. The molecule has 4 rings (SSSR count). The summed E-state index contributed by atoms with van der Waals surface area (Å²) in [7, 11) is 0. The maximum absolute atomic E-state index is 13.2. The van der Waals surface area contributed by atoms with Crippen molar-refractivity contribution >= 4 is 35.3 Å². The fraction of sp³-hybridized carbons (Fsp3) is 0.419. The lowest BCUT2D eigenvalue weighted by molar-refractivity contribution is -0.139. The normalized spacial score (nSPS) is 20.1. The number of nitrogens with one attached hydrogen (secondary N) is 3. The SMILES string of the molecule is CC.CCC1CCC(C(=O)N[C@H](C)C2CC(C(=N)N)=CS2)N1C(=O)CNC(=O)c1ccc(Oc2ccc(F)cc2)cc1. The van der Waals surface area contributed by atoms with E-state index >= 15 is 0 Å². The second-order valence-corrected chi connectivity index (χ2v) is 11.1. The van der Waals surface area contributed by atoms with Gasteiger partial charge in [-0.05, 0) is 86.5 Å². The number of hydrogen-bond acceptors (Lipinski definition) is 6. The van der Waals surface area contributed by atoms with E-state index in [0.717, 1.165) is 5.57 Å². The third-order valence-corrected chi connectivity index (χ3v) is 8.56. The number of benzene rings is 2. The number of halogens is 1. The largest absolute Gasteiger partial charge is 0.457 e. The van der Waals surface area contributed by atoms with E-state index in [2.05, 4.69) is 10.6 Å². The van der Waals surface area contributed by atoms with E-state index in [9.17, 15) is 18.8 Å². The standard InChI is InChI=1S/C29H34FN5O4S.C2H6/c1-3-21-8-13-24(29(38)34-17(2)25-14-19(16-40-25)27(31)32)35(21)26(36)15-33-28(37)18-4-9-22(10-5-18)39-23-11-6-20(30)7-12-23;1-2/h4-7,9-12,16-17,21,24-25H,3,8,13-15H2,1-2H3,(H3,31,32)(H,33,37)(H,34,38);1-2H3/t17-,21?,24?,25?;/m1./s1. The van der Waals surface area contributed by atoms with Crippen LogP contribution in [0.25, 0.3) is 0 Å². The number of nitrogens with zero attached hydrogens (tertiary/aromatic N) is 1. The summed E-state index contributed by atoms with van der Waals surface area (Å²) < 4.78 is 18.7. The predicted octanol–water partition coefficient (Wildman–Crippen LogP) is 4.97. The molecule has 9 nitrogen and oxygen atoms in total. The number of hydrogen-bond donors (Lipinski definition) is 4. The van der Waals surface area contributed by atoms with E-state index in [-0.39, 0.29) is 47.3 Å². The molecule has 2 aliphatic heterocycles. The van der Waals surface area contributed by atoms with Crippen LogP contribution < -0.4 is 21.1 Å². The first-order valence-corrected chi connectivity index (χ1v) is 15.2. The van der Waals surface area contributed by atoms with Crippen LogP contribution in [0.4, 0.5) is 4.39 Å². The van der Waals surface area contributed by atoms with E-state index in [1.807, 2.05) is 33.1 Å². The summed E-state index contributed by atoms with van der Waals surface area (Å²) in [6, 6.07) is 11.1. The van der Waals surface area contributed by atoms with Crippen LogP contribution in [-0.4, -0.2) is 58.4 Å². The molecule has 0 bridgehead atoms. The minimum absolute atomic E-state index is 0.0446. The molecular weight excluding hydrogens is 557 g/mol. The average Bonchev–Trinajstić information content (AvgIpc) is 3.67. The zero-order valence-electron chi connectivity index (χ0n) is 24.5. The number of rotatable bonds is 10. The Balaban J connectivity index is 0.00000237. The Labute approximate surface area is 250 Å². The second-order valence-electron chi connectivity index (χ2n) is 9.95. The lowest BCUT2D eigenvalue weighted by Gasteiger charge is -2.31. The third kappa shape index (κ3) is 8.34. The Morgan fingerprint density at radius 3 is 2.29 bits per heavy atom. The maximum atomic E-state index is 13.2. The summed E-state index contributed by atoms with van der Waals surface area (Å²) >= 11 is 1.55. The number of likely N-dealkylation sites (tertiary alicyclic amines) is 1. The van der Waals surface area contributed by atoms with Crippen molar-refractivity contribution in [3.8, 4) is 11.5 Å². The van der Waals surface area contributed by atoms with E-state index in [1.165, 1.54) is 24.3 Å². The van der Waals surface area contributed by atoms with Crippen LogP contribution in [0, 0.1) is 11.2 Å². The smallest absolute Gasteiger partial charge is 0.251 e. The van der Waals surface area contributed by atoms with Crippen molar-refractivity contribution < 1.29 is 23.5 Å². The van der Waals surface area contributed by atoms with Crippen LogP contribution in [0.1, 0.15) is 63.7 Å². The zero-order chi connectivity index (χ0) is 30.8. The number of amides is 3. The van der Waals surface area contributed by atoms with Gasteiger partial charge in [0.2, 0.25) is 11.8 Å². The van der Waals surface area contributed by atoms with E-state index in [0.29, 0.717) is 42.7 Å². The summed E-state index contributed by atoms with van der Waals surface area (Å²) in [5, 5.41) is 15.3. The minimum atomic E-state index is -0.605. The van der Waals surface area contributed by atoms with Crippen molar-refractivity contribution in [1.82, 2.24) is 15.5 Å². The van der Waals surface area contributed by atoms with Crippen molar-refractivity contribution in [2.24, 2.45) is 5.73 Å². The molecule has 5 N–H and O–H groups in total. The van der Waals surface area contributed by atoms with Gasteiger partial charge in [-0.15, -0.1) is 11.8 Å². The molecule has 2 aromatic rings. The Morgan fingerprint density at radius 1 is 1.10 bits per heavy atom. The van der Waals surface area contributed by atoms with Crippen LogP contribution in [0.3, 0.4) is 0 Å². The van der Waals surface area contributed by atoms with Gasteiger partial charge < -0.3 is 26.0 Å². The first kappa shape index (κ1) is 32.7. The fourth-order valence-corrected chi connectivity index (χ4v) is 6.09. The van der Waals surface area contributed by atoms with E-state index < -0.39 is 11.9 Å². The summed E-state index contributed by atoms with van der Waals surface area (Å²) in [5.74, 6) is -0.310. The van der Waals surface area contributed by atoms with E-state index in [4.69, 9.17) is 15.9 Å². The van der Waals surface area contributed by atoms with Crippen LogP contribution in [-0.2, 0) is 9.59 Å². The van der Waals surface area contributed by atoms with Crippen LogP contribution in [0.15, 0.2) is 59.5 Å². The Morgan fingerprint density at radius 2 is 1.71 bits per heavy atom. The molecule has 2 aliphatic rings. The van der Waals surface area contributed by atoms with Gasteiger partial charge in [0.15, 0.2) is 0 Å². The molecule has 11 heteroatoms. The summed E-state index contributed by atoms with van der Waals surface area (Å²) in [5.41, 5.74) is 6.71. The number of thioether (sulfide) groups is 1. The van der Waals surface area contributed by atoms with Gasteiger partial charge in [-0.1, -0.05) is 20.8 Å². The lowest BCUT2D eigenvalue weighted by atomic mass is 10.1. The Hall–Kier alpha value is -3.86. The maximum Gasteiger partial charge on any atom is 0.251 e. The monoisotopic (exact) mass is 597 g/mol. The minimum Gasteiger partial charge on any atom is -0.457 e. The molecule has 0 radical (unpaired) electrons. The van der Waals surface area contributed by atoms with Gasteiger partial charge in [0.1, 0.15) is 29.2 Å². The molecule has 42 heavy (non-hydrogen) atoms. The topological polar surface area (TPSA) is 138 Å². The van der Waals surface area contributed by atoms with Crippen molar-refractivity contribution in [3.05, 3.63) is 70.9 Å². The number of carbonyl (C=O) groups excluding carboxylic acids is 3. The van der Waals surface area contributed by atoms with Crippen molar-refractivity contribution in [2.45, 2.75) is 76.8 Å². The van der Waals surface area contributed by atoms with Gasteiger partial charge in [0.25, 0.3) is 5.91 Å². The molecule has 3 amide bonds. The highest BCUT2D eigenvalue weighted by Gasteiger charge is 2.40. The van der Waals surface area contributed by atoms with Crippen molar-refractivity contribution in [3.63, 3.8) is 0 Å². The number of ether oxygens (including phenoxy) is 1. The van der Waals surface area contributed by atoms with Crippen LogP contribution in [0.2, 0.25) is 0 Å². The fourth-order valence-electron chi connectivity index (χ4n) is 4.95. The molecule has 0 saturated carbocycles. The highest BCUT2D eigenvalue weighted by atomic mass is 32.2. The Bertz CT molecular complexity index is 1290. The van der Waals surface area contributed by atoms with Gasteiger partial charge in [0.05, 0.1) is 6.54 Å². The number of amidine groups is 1. The molecule has 1 saturated heterocycles. The highest BCUT2D eigenvalue weighted by molar-refractivity contribution is 8.03. The highest BCUT2D eigenvalue weighted by Crippen LogP contribution is 2.33. The van der Waals surface area contributed by atoms with Gasteiger partial charge in [-0.3, -0.25) is 19.8 Å². The first-order valence-electron chi connectivity index (χ1n) is 14.3. The second kappa shape index (κ2) is 15.4. The average molecular weight is 598 g/mol. The molecule has 3 unspecified atom stereocenters. The van der Waals surface area contributed by atoms with Gasteiger partial charge in [0, 0.05) is 28.5 Å². The molecule has 4 atom stereocenters. The predicted molar refractivity (Wildman–Crippen MR) is 164 cm³/mol. The van der Waals surface area contributed by atoms with Gasteiger partial charge in [-0.25, -0.2) is 4.39 Å². The molecule has 226 valence electrons. The van der Waals surface area contributed by atoms with Crippen LogP contribution >= 0.6 is 11.8 Å².